The number of piperazine rings is 1. The highest BCUT2D eigenvalue weighted by atomic mass is 16.2. The van der Waals surface area contributed by atoms with Crippen molar-refractivity contribution in [1.29, 1.82) is 0 Å². The van der Waals surface area contributed by atoms with Crippen LogP contribution in [0.3, 0.4) is 0 Å². The number of likely N-dealkylation sites (N-methyl/N-ethyl adjacent to an activating group) is 1. The van der Waals surface area contributed by atoms with Crippen LogP contribution in [0.5, 0.6) is 0 Å². The zero-order chi connectivity index (χ0) is 14.0. The van der Waals surface area contributed by atoms with Gasteiger partial charge in [-0.3, -0.25) is 4.79 Å². The zero-order valence-corrected chi connectivity index (χ0v) is 11.9. The Labute approximate surface area is 114 Å². The van der Waals surface area contributed by atoms with Crippen molar-refractivity contribution in [2.24, 2.45) is 0 Å². The van der Waals surface area contributed by atoms with Crippen molar-refractivity contribution >= 4 is 17.3 Å². The molecule has 0 unspecified atom stereocenters. The maximum Gasteiger partial charge on any atom is 0.254 e. The van der Waals surface area contributed by atoms with Crippen LogP contribution in [0.1, 0.15) is 10.4 Å². The highest BCUT2D eigenvalue weighted by molar-refractivity contribution is 5.96. The molecule has 1 amide bonds. The topological polar surface area (TPSA) is 52.8 Å². The molecule has 0 saturated carbocycles. The molecule has 0 aromatic heterocycles. The second-order valence-electron chi connectivity index (χ2n) is 5.26. The molecular weight excluding hydrogens is 240 g/mol. The average molecular weight is 262 g/mol. The molecule has 104 valence electrons. The summed E-state index contributed by atoms with van der Waals surface area (Å²) in [6.07, 6.45) is 0. The van der Waals surface area contributed by atoms with Crippen LogP contribution in [-0.4, -0.2) is 63.0 Å². The minimum atomic E-state index is 0.0742. The molecule has 0 spiro atoms. The van der Waals surface area contributed by atoms with E-state index in [0.717, 1.165) is 31.9 Å². The number of nitrogen functional groups attached to an aromatic ring is 1. The van der Waals surface area contributed by atoms with Crippen molar-refractivity contribution in [3.05, 3.63) is 23.8 Å². The van der Waals surface area contributed by atoms with Crippen LogP contribution < -0.4 is 10.6 Å². The molecule has 0 bridgehead atoms. The lowest BCUT2D eigenvalue weighted by molar-refractivity contribution is 0.0664. The Bertz CT molecular complexity index is 465. The van der Waals surface area contributed by atoms with Crippen LogP contribution in [0.4, 0.5) is 11.4 Å². The van der Waals surface area contributed by atoms with Gasteiger partial charge < -0.3 is 20.4 Å². The Morgan fingerprint density at radius 2 is 1.84 bits per heavy atom. The fourth-order valence-corrected chi connectivity index (χ4v) is 2.29. The number of rotatable bonds is 2. The Hall–Kier alpha value is -1.75. The molecule has 2 rings (SSSR count). The van der Waals surface area contributed by atoms with Crippen LogP contribution in [0.2, 0.25) is 0 Å². The first-order valence-electron chi connectivity index (χ1n) is 6.53. The summed E-state index contributed by atoms with van der Waals surface area (Å²) in [5, 5.41) is 0. The number of hydrogen-bond donors (Lipinski definition) is 1. The summed E-state index contributed by atoms with van der Waals surface area (Å²) < 4.78 is 0. The van der Waals surface area contributed by atoms with Crippen LogP contribution in [0, 0.1) is 0 Å². The van der Waals surface area contributed by atoms with Crippen molar-refractivity contribution in [2.75, 3.05) is 58.0 Å². The van der Waals surface area contributed by atoms with Crippen molar-refractivity contribution in [3.8, 4) is 0 Å². The summed E-state index contributed by atoms with van der Waals surface area (Å²) in [6.45, 7) is 3.42. The Balaban J connectivity index is 2.13. The van der Waals surface area contributed by atoms with Gasteiger partial charge in [-0.25, -0.2) is 0 Å². The summed E-state index contributed by atoms with van der Waals surface area (Å²) in [6, 6.07) is 5.53. The number of benzene rings is 1. The van der Waals surface area contributed by atoms with E-state index in [2.05, 4.69) is 11.9 Å². The average Bonchev–Trinajstić information content (AvgIpc) is 2.38. The molecule has 0 atom stereocenters. The minimum absolute atomic E-state index is 0.0742. The summed E-state index contributed by atoms with van der Waals surface area (Å²) in [7, 11) is 5.95. The SMILES string of the molecule is CN1CCN(C(=O)c2ccc(N(C)C)c(N)c2)CC1. The van der Waals surface area contributed by atoms with E-state index in [9.17, 15) is 4.79 Å². The number of anilines is 2. The lowest BCUT2D eigenvalue weighted by Gasteiger charge is -2.32. The molecule has 19 heavy (non-hydrogen) atoms. The molecule has 1 aromatic rings. The highest BCUT2D eigenvalue weighted by Crippen LogP contribution is 2.23. The monoisotopic (exact) mass is 262 g/mol. The van der Waals surface area contributed by atoms with E-state index in [1.165, 1.54) is 0 Å². The maximum absolute atomic E-state index is 12.4. The normalized spacial score (nSPS) is 16.5. The number of carbonyl (C=O) groups excluding carboxylic acids is 1. The van der Waals surface area contributed by atoms with Gasteiger partial charge in [0, 0.05) is 45.8 Å². The van der Waals surface area contributed by atoms with Gasteiger partial charge in [-0.05, 0) is 25.2 Å². The highest BCUT2D eigenvalue weighted by Gasteiger charge is 2.20. The fourth-order valence-electron chi connectivity index (χ4n) is 2.29. The second kappa shape index (κ2) is 5.48. The smallest absolute Gasteiger partial charge is 0.254 e. The van der Waals surface area contributed by atoms with E-state index < -0.39 is 0 Å². The second-order valence-corrected chi connectivity index (χ2v) is 5.26. The Morgan fingerprint density at radius 3 is 2.37 bits per heavy atom. The van der Waals surface area contributed by atoms with E-state index in [0.29, 0.717) is 11.3 Å². The van der Waals surface area contributed by atoms with Crippen LogP contribution >= 0.6 is 0 Å². The largest absolute Gasteiger partial charge is 0.397 e. The van der Waals surface area contributed by atoms with Gasteiger partial charge in [0.2, 0.25) is 0 Å². The molecule has 0 radical (unpaired) electrons. The molecule has 1 aliphatic rings. The Morgan fingerprint density at radius 1 is 1.21 bits per heavy atom. The van der Waals surface area contributed by atoms with E-state index in [-0.39, 0.29) is 5.91 Å². The molecule has 5 nitrogen and oxygen atoms in total. The summed E-state index contributed by atoms with van der Waals surface area (Å²) >= 11 is 0. The molecule has 1 heterocycles. The van der Waals surface area contributed by atoms with Crippen molar-refractivity contribution in [2.45, 2.75) is 0 Å². The maximum atomic E-state index is 12.4. The molecule has 2 N–H and O–H groups in total. The van der Waals surface area contributed by atoms with Crippen molar-refractivity contribution in [3.63, 3.8) is 0 Å². The third kappa shape index (κ3) is 2.98. The number of hydrogen-bond acceptors (Lipinski definition) is 4. The van der Waals surface area contributed by atoms with Crippen LogP contribution in [0.15, 0.2) is 18.2 Å². The van der Waals surface area contributed by atoms with E-state index in [1.54, 1.807) is 6.07 Å². The molecule has 1 aromatic carbocycles. The number of nitrogens with two attached hydrogens (primary N) is 1. The van der Waals surface area contributed by atoms with Gasteiger partial charge in [0.25, 0.3) is 5.91 Å². The van der Waals surface area contributed by atoms with Gasteiger partial charge in [-0.15, -0.1) is 0 Å². The summed E-state index contributed by atoms with van der Waals surface area (Å²) in [5.74, 6) is 0.0742. The van der Waals surface area contributed by atoms with Gasteiger partial charge in [0.1, 0.15) is 0 Å². The van der Waals surface area contributed by atoms with Gasteiger partial charge in [-0.2, -0.15) is 0 Å². The Kier molecular flexibility index (Phi) is 3.95. The van der Waals surface area contributed by atoms with Crippen molar-refractivity contribution in [1.82, 2.24) is 9.80 Å². The van der Waals surface area contributed by atoms with Gasteiger partial charge >= 0.3 is 0 Å². The molecule has 0 aliphatic carbocycles. The first-order chi connectivity index (χ1) is 8.99. The lowest BCUT2D eigenvalue weighted by Crippen LogP contribution is -2.47. The quantitative estimate of drug-likeness (QED) is 0.798. The number of nitrogens with zero attached hydrogens (tertiary/aromatic N) is 3. The summed E-state index contributed by atoms with van der Waals surface area (Å²) in [5.41, 5.74) is 8.25. The first kappa shape index (κ1) is 13.7. The third-order valence-electron chi connectivity index (χ3n) is 3.55. The van der Waals surface area contributed by atoms with Crippen LogP contribution in [0.25, 0.3) is 0 Å². The van der Waals surface area contributed by atoms with E-state index >= 15 is 0 Å². The molecule has 1 aliphatic heterocycles. The number of carbonyl (C=O) groups is 1. The van der Waals surface area contributed by atoms with Gasteiger partial charge in [0.15, 0.2) is 0 Å². The van der Waals surface area contributed by atoms with Crippen molar-refractivity contribution < 1.29 is 4.79 Å². The van der Waals surface area contributed by atoms with Gasteiger partial charge in [0.05, 0.1) is 11.4 Å². The third-order valence-corrected chi connectivity index (χ3v) is 3.55. The lowest BCUT2D eigenvalue weighted by atomic mass is 10.1. The molecule has 1 fully saturated rings. The van der Waals surface area contributed by atoms with E-state index in [1.807, 2.05) is 36.0 Å². The standard InChI is InChI=1S/C14H22N4O/c1-16(2)13-5-4-11(10-12(13)15)14(19)18-8-6-17(3)7-9-18/h4-5,10H,6-9,15H2,1-3H3. The predicted molar refractivity (Wildman–Crippen MR) is 78.6 cm³/mol. The van der Waals surface area contributed by atoms with Gasteiger partial charge in [-0.1, -0.05) is 0 Å². The molecule has 1 saturated heterocycles. The first-order valence-corrected chi connectivity index (χ1v) is 6.53. The molecular formula is C14H22N4O. The van der Waals surface area contributed by atoms with E-state index in [4.69, 9.17) is 5.73 Å². The summed E-state index contributed by atoms with van der Waals surface area (Å²) in [4.78, 5) is 18.4. The van der Waals surface area contributed by atoms with Crippen LogP contribution in [-0.2, 0) is 0 Å². The predicted octanol–water partition coefficient (Wildman–Crippen LogP) is 0.722. The minimum Gasteiger partial charge on any atom is -0.397 e. The molecule has 5 heteroatoms. The fraction of sp³-hybridized carbons (Fsp3) is 0.500. The zero-order valence-electron chi connectivity index (χ0n) is 11.9. The number of amides is 1.